The van der Waals surface area contributed by atoms with Crippen LogP contribution < -0.4 is 0 Å². The number of hydrogen-bond donors (Lipinski definition) is 0. The number of hydroxylamine groups is 2. The Morgan fingerprint density at radius 3 is 1.86 bits per heavy atom. The Kier molecular flexibility index (Phi) is 5.55. The number of ether oxygens (including phenoxy) is 2. The fourth-order valence-electron chi connectivity index (χ4n) is 3.05. The summed E-state index contributed by atoms with van der Waals surface area (Å²) in [6, 6.07) is 0. The minimum Gasteiger partial charge on any atom is -0.375 e. The van der Waals surface area contributed by atoms with Crippen molar-refractivity contribution < 1.29 is 14.3 Å². The van der Waals surface area contributed by atoms with Gasteiger partial charge in [-0.3, -0.25) is 9.74 Å². The summed E-state index contributed by atoms with van der Waals surface area (Å²) in [7, 11) is 0. The van der Waals surface area contributed by atoms with Gasteiger partial charge in [-0.15, -0.1) is 0 Å². The molecule has 2 aliphatic rings. The summed E-state index contributed by atoms with van der Waals surface area (Å²) in [5.41, 5.74) is 0.370. The molecule has 1 spiro atoms. The lowest BCUT2D eigenvalue weighted by atomic mass is 9.74. The summed E-state index contributed by atoms with van der Waals surface area (Å²) in [6.07, 6.45) is 0. The van der Waals surface area contributed by atoms with E-state index in [2.05, 4.69) is 51.5 Å². The first-order chi connectivity index (χ1) is 10.1. The van der Waals surface area contributed by atoms with Crippen LogP contribution in [-0.4, -0.2) is 73.7 Å². The number of hydrogen-bond acceptors (Lipinski definition) is 5. The zero-order valence-electron chi connectivity index (χ0n) is 15.3. The first kappa shape index (κ1) is 18.1. The fourth-order valence-corrected chi connectivity index (χ4v) is 3.05. The molecule has 2 aliphatic heterocycles. The van der Waals surface area contributed by atoms with Gasteiger partial charge in [0, 0.05) is 38.1 Å². The smallest absolute Gasteiger partial charge is 0.0919 e. The van der Waals surface area contributed by atoms with Gasteiger partial charge in [-0.05, 0) is 41.5 Å². The summed E-state index contributed by atoms with van der Waals surface area (Å²) in [5.74, 6) is 0. The highest BCUT2D eigenvalue weighted by atomic mass is 16.7. The van der Waals surface area contributed by atoms with Crippen molar-refractivity contribution in [1.82, 2.24) is 9.96 Å². The van der Waals surface area contributed by atoms with Gasteiger partial charge in [0.05, 0.1) is 31.0 Å². The van der Waals surface area contributed by atoms with E-state index in [4.69, 9.17) is 14.3 Å². The predicted molar refractivity (Wildman–Crippen MR) is 87.8 cm³/mol. The van der Waals surface area contributed by atoms with Crippen LogP contribution in [0.15, 0.2) is 0 Å². The van der Waals surface area contributed by atoms with Crippen LogP contribution in [0.5, 0.6) is 0 Å². The monoisotopic (exact) mass is 314 g/mol. The van der Waals surface area contributed by atoms with Crippen LogP contribution in [0.25, 0.3) is 0 Å². The van der Waals surface area contributed by atoms with Gasteiger partial charge in [0.25, 0.3) is 0 Å². The lowest BCUT2D eigenvalue weighted by molar-refractivity contribution is -0.284. The van der Waals surface area contributed by atoms with Crippen molar-refractivity contribution in [2.45, 2.75) is 52.7 Å². The van der Waals surface area contributed by atoms with Gasteiger partial charge in [-0.2, -0.15) is 5.06 Å². The third-order valence-corrected chi connectivity index (χ3v) is 3.98. The molecule has 0 amide bonds. The highest BCUT2D eigenvalue weighted by Gasteiger charge is 2.52. The van der Waals surface area contributed by atoms with Gasteiger partial charge < -0.3 is 9.47 Å². The Morgan fingerprint density at radius 1 is 0.773 bits per heavy atom. The lowest BCUT2D eigenvalue weighted by Gasteiger charge is -2.59. The normalized spacial score (nSPS) is 22.6. The summed E-state index contributed by atoms with van der Waals surface area (Å²) < 4.78 is 11.4. The van der Waals surface area contributed by atoms with Crippen LogP contribution >= 0.6 is 0 Å². The molecule has 0 aromatic carbocycles. The van der Waals surface area contributed by atoms with E-state index in [1.54, 1.807) is 0 Å². The third-order valence-electron chi connectivity index (χ3n) is 3.98. The van der Waals surface area contributed by atoms with E-state index in [0.29, 0.717) is 18.6 Å². The van der Waals surface area contributed by atoms with Gasteiger partial charge in [-0.1, -0.05) is 0 Å². The third kappa shape index (κ3) is 5.78. The molecule has 2 rings (SSSR count). The first-order valence-corrected chi connectivity index (χ1v) is 8.45. The summed E-state index contributed by atoms with van der Waals surface area (Å²) >= 11 is 0. The number of nitrogens with zero attached hydrogens (tertiary/aromatic N) is 2. The van der Waals surface area contributed by atoms with Crippen molar-refractivity contribution in [3.63, 3.8) is 0 Å². The Bertz CT molecular complexity index is 346. The maximum Gasteiger partial charge on any atom is 0.0919 e. The maximum atomic E-state index is 5.78. The molecule has 2 saturated heterocycles. The van der Waals surface area contributed by atoms with E-state index < -0.39 is 0 Å². The van der Waals surface area contributed by atoms with E-state index in [1.807, 2.05) is 0 Å². The quantitative estimate of drug-likeness (QED) is 0.673. The Balaban J connectivity index is 1.48. The summed E-state index contributed by atoms with van der Waals surface area (Å²) in [5, 5.41) is 2.08. The zero-order chi connectivity index (χ0) is 16.4. The molecule has 2 heterocycles. The van der Waals surface area contributed by atoms with E-state index in [0.717, 1.165) is 26.2 Å². The van der Waals surface area contributed by atoms with E-state index in [9.17, 15) is 0 Å². The van der Waals surface area contributed by atoms with Crippen LogP contribution in [0.2, 0.25) is 0 Å². The molecule has 22 heavy (non-hydrogen) atoms. The topological polar surface area (TPSA) is 34.2 Å². The molecule has 0 aromatic rings. The largest absolute Gasteiger partial charge is 0.375 e. The SMILES string of the molecule is CC(C)(C)OCCON1CC2(CN(CCOC(C)(C)C)C2)C1. The second-order valence-electron chi connectivity index (χ2n) is 8.76. The van der Waals surface area contributed by atoms with Crippen molar-refractivity contribution >= 4 is 0 Å². The van der Waals surface area contributed by atoms with Crippen LogP contribution in [-0.2, 0) is 14.3 Å². The van der Waals surface area contributed by atoms with Crippen molar-refractivity contribution in [2.24, 2.45) is 5.41 Å². The lowest BCUT2D eigenvalue weighted by Crippen LogP contribution is -2.72. The van der Waals surface area contributed by atoms with Crippen molar-refractivity contribution in [2.75, 3.05) is 52.5 Å². The van der Waals surface area contributed by atoms with Gasteiger partial charge in [0.2, 0.25) is 0 Å². The Morgan fingerprint density at radius 2 is 1.32 bits per heavy atom. The minimum atomic E-state index is -0.0802. The molecular formula is C17H34N2O3. The van der Waals surface area contributed by atoms with Crippen LogP contribution in [0, 0.1) is 5.41 Å². The molecular weight excluding hydrogens is 280 g/mol. The van der Waals surface area contributed by atoms with Crippen LogP contribution in [0.1, 0.15) is 41.5 Å². The van der Waals surface area contributed by atoms with Crippen molar-refractivity contribution in [3.8, 4) is 0 Å². The van der Waals surface area contributed by atoms with Crippen molar-refractivity contribution in [1.29, 1.82) is 0 Å². The average Bonchev–Trinajstić information content (AvgIpc) is 2.23. The average molecular weight is 314 g/mol. The Labute approximate surface area is 135 Å². The van der Waals surface area contributed by atoms with Gasteiger partial charge in [-0.25, -0.2) is 0 Å². The highest BCUT2D eigenvalue weighted by Crippen LogP contribution is 2.39. The van der Waals surface area contributed by atoms with Gasteiger partial charge in [0.1, 0.15) is 0 Å². The van der Waals surface area contributed by atoms with Gasteiger partial charge in [0.15, 0.2) is 0 Å². The molecule has 5 nitrogen and oxygen atoms in total. The molecule has 0 aromatic heterocycles. The Hall–Kier alpha value is -0.200. The van der Waals surface area contributed by atoms with E-state index >= 15 is 0 Å². The zero-order valence-corrected chi connectivity index (χ0v) is 15.3. The molecule has 0 N–H and O–H groups in total. The molecule has 5 heteroatoms. The number of likely N-dealkylation sites (tertiary alicyclic amines) is 1. The summed E-state index contributed by atoms with van der Waals surface area (Å²) in [6.45, 7) is 20.2. The molecule has 0 atom stereocenters. The standard InChI is InChI=1S/C17H34N2O3/c1-15(2,3)20-8-7-18-11-17(12-18)13-19(14-17)22-10-9-21-16(4,5)6/h7-14H2,1-6H3. The molecule has 130 valence electrons. The number of rotatable bonds is 7. The molecule has 2 fully saturated rings. The van der Waals surface area contributed by atoms with E-state index in [-0.39, 0.29) is 11.2 Å². The minimum absolute atomic E-state index is 0.0290. The van der Waals surface area contributed by atoms with Gasteiger partial charge >= 0.3 is 0 Å². The van der Waals surface area contributed by atoms with Crippen LogP contribution in [0.3, 0.4) is 0 Å². The maximum absolute atomic E-state index is 5.78. The molecule has 0 aliphatic carbocycles. The second kappa shape index (κ2) is 6.73. The van der Waals surface area contributed by atoms with E-state index in [1.165, 1.54) is 13.1 Å². The fraction of sp³-hybridized carbons (Fsp3) is 1.00. The molecule has 0 saturated carbocycles. The summed E-state index contributed by atoms with van der Waals surface area (Å²) in [4.78, 5) is 8.21. The molecule has 0 radical (unpaired) electrons. The molecule has 0 unspecified atom stereocenters. The predicted octanol–water partition coefficient (Wildman–Crippen LogP) is 2.17. The molecule has 0 bridgehead atoms. The van der Waals surface area contributed by atoms with Crippen LogP contribution in [0.4, 0.5) is 0 Å². The highest BCUT2D eigenvalue weighted by molar-refractivity contribution is 5.03. The van der Waals surface area contributed by atoms with Crippen molar-refractivity contribution in [3.05, 3.63) is 0 Å². The first-order valence-electron chi connectivity index (χ1n) is 8.45. The second-order valence-corrected chi connectivity index (χ2v) is 8.76.